The van der Waals surface area contributed by atoms with Gasteiger partial charge in [-0.3, -0.25) is 39.6 Å². The van der Waals surface area contributed by atoms with Gasteiger partial charge in [0.25, 0.3) is 20.0 Å². The molecule has 0 saturated heterocycles. The van der Waals surface area contributed by atoms with Crippen LogP contribution in [0.3, 0.4) is 0 Å². The third-order valence-electron chi connectivity index (χ3n) is 11.0. The second kappa shape index (κ2) is 18.1. The van der Waals surface area contributed by atoms with Gasteiger partial charge in [0.05, 0.1) is 43.7 Å². The maximum atomic E-state index is 13.7. The monoisotopic (exact) mass is 970 g/mol. The van der Waals surface area contributed by atoms with Crippen LogP contribution < -0.4 is 63.5 Å². The number of sulfonamides is 2. The molecular weight excluding hydrogens is 929 g/mol. The van der Waals surface area contributed by atoms with Crippen LogP contribution >= 0.6 is 0 Å². The number of phenolic OH excluding ortho intramolecular Hbond substituents is 2. The Morgan fingerprint density at radius 1 is 0.529 bits per heavy atom. The number of carbonyl (C=O) groups is 8. The molecule has 0 fully saturated rings. The van der Waals surface area contributed by atoms with Gasteiger partial charge in [0.1, 0.15) is 11.5 Å². The van der Waals surface area contributed by atoms with Gasteiger partial charge in [0.2, 0.25) is 23.1 Å². The normalized spacial score (nSPS) is 13.8. The number of carbonyl (C=O) groups excluding carboxylic acids is 8. The molecule has 22 nitrogen and oxygen atoms in total. The zero-order valence-electron chi connectivity index (χ0n) is 36.7. The number of Topliss-reactive ketones (excluding diaryl/α,β-unsaturated/α-hetero) is 4. The van der Waals surface area contributed by atoms with Crippen LogP contribution in [0.15, 0.2) is 58.3 Å². The number of rotatable bonds is 15. The van der Waals surface area contributed by atoms with Gasteiger partial charge in [-0.15, -0.1) is 0 Å². The van der Waals surface area contributed by atoms with Crippen molar-refractivity contribution in [3.8, 4) is 22.6 Å². The second-order valence-electron chi connectivity index (χ2n) is 16.0. The topological polar surface area (TPSA) is 370 Å². The Bertz CT molecular complexity index is 3250. The van der Waals surface area contributed by atoms with E-state index in [4.69, 9.17) is 11.5 Å². The highest BCUT2D eigenvalue weighted by Crippen LogP contribution is 2.42. The molecule has 12 N–H and O–H groups in total. The molecule has 0 aromatic heterocycles. The maximum Gasteiger partial charge on any atom is 0.326 e. The molecule has 0 radical (unpaired) electrons. The van der Waals surface area contributed by atoms with E-state index < -0.39 is 100 Å². The molecule has 6 rings (SSSR count). The lowest BCUT2D eigenvalue weighted by Crippen LogP contribution is -2.46. The summed E-state index contributed by atoms with van der Waals surface area (Å²) in [6, 6.07) is 6.96. The Labute approximate surface area is 385 Å². The molecule has 24 heteroatoms. The average molecular weight is 971 g/mol. The number of urea groups is 2. The van der Waals surface area contributed by atoms with E-state index in [0.29, 0.717) is 0 Å². The molecular formula is C44H42N8O14S2. The van der Waals surface area contributed by atoms with Crippen molar-refractivity contribution in [1.82, 2.24) is 9.44 Å². The van der Waals surface area contributed by atoms with E-state index >= 15 is 0 Å². The van der Waals surface area contributed by atoms with Gasteiger partial charge < -0.3 is 32.5 Å². The van der Waals surface area contributed by atoms with Crippen molar-refractivity contribution in [2.45, 2.75) is 51.3 Å². The molecule has 354 valence electrons. The predicted molar refractivity (Wildman–Crippen MR) is 246 cm³/mol. The number of ketones is 4. The average Bonchev–Trinajstić information content (AvgIpc) is 3.25. The first-order valence-corrected chi connectivity index (χ1v) is 23.0. The number of nitrogens with two attached hydrogens (primary N) is 2. The van der Waals surface area contributed by atoms with E-state index in [1.807, 2.05) is 0 Å². The van der Waals surface area contributed by atoms with Crippen LogP contribution in [0.2, 0.25) is 0 Å². The molecule has 2 aliphatic carbocycles. The molecule has 0 unspecified atom stereocenters. The summed E-state index contributed by atoms with van der Waals surface area (Å²) in [7, 11) is -8.71. The van der Waals surface area contributed by atoms with Gasteiger partial charge in [-0.1, -0.05) is 27.7 Å². The van der Waals surface area contributed by atoms with E-state index in [-0.39, 0.29) is 89.0 Å². The van der Waals surface area contributed by atoms with Crippen molar-refractivity contribution in [3.63, 3.8) is 0 Å². The fourth-order valence-electron chi connectivity index (χ4n) is 8.06. The summed E-state index contributed by atoms with van der Waals surface area (Å²) in [4.78, 5) is 102. The maximum absolute atomic E-state index is 13.7. The van der Waals surface area contributed by atoms with E-state index in [0.717, 1.165) is 24.3 Å². The van der Waals surface area contributed by atoms with Gasteiger partial charge >= 0.3 is 12.1 Å². The Kier molecular flexibility index (Phi) is 13.1. The number of aldehydes is 2. The third-order valence-corrected chi connectivity index (χ3v) is 13.7. The standard InChI is InChI=1S/C44H42N8O14S2/c1-17(2)27-33-31(25(15-53)37(55)41(27)59)39(57)29(19(5)35(33)49-47-21-7-11-23(12-8-21)67(63,64)51-43(45)61)30-20(6)36(50-48-22-9-13-24(14-10-22)68(65,66)52-44(46)62)34-28(18(3)4)42(60)38(56)26(16-54)32(34)40(30)58/h7-18,47-50,57-58H,1-6H3,(H3,45,51,61)(H3,46,52,62). The van der Waals surface area contributed by atoms with E-state index in [9.17, 15) is 65.4 Å². The minimum atomic E-state index is -4.36. The van der Waals surface area contributed by atoms with Crippen molar-refractivity contribution in [2.24, 2.45) is 23.3 Å². The van der Waals surface area contributed by atoms with E-state index in [1.54, 1.807) is 37.1 Å². The van der Waals surface area contributed by atoms with Crippen molar-refractivity contribution < 1.29 is 65.4 Å². The van der Waals surface area contributed by atoms with Crippen LogP contribution in [0.25, 0.3) is 33.4 Å². The smallest absolute Gasteiger partial charge is 0.326 e. The van der Waals surface area contributed by atoms with Crippen LogP contribution in [-0.2, 0) is 48.8 Å². The number of phenols is 2. The Morgan fingerprint density at radius 3 is 1.10 bits per heavy atom. The Hall–Kier alpha value is -8.38. The van der Waals surface area contributed by atoms with Crippen LogP contribution in [0.1, 0.15) is 38.8 Å². The molecule has 2 aliphatic rings. The lowest BCUT2D eigenvalue weighted by molar-refractivity contribution is -0.130. The number of fused-ring (bicyclic) bond motifs is 2. The Balaban J connectivity index is 1.71. The second-order valence-corrected chi connectivity index (χ2v) is 19.3. The van der Waals surface area contributed by atoms with Crippen molar-refractivity contribution in [3.05, 3.63) is 80.5 Å². The molecule has 4 aromatic rings. The molecule has 0 atom stereocenters. The zero-order chi connectivity index (χ0) is 50.5. The van der Waals surface area contributed by atoms with Crippen molar-refractivity contribution >= 4 is 113 Å². The summed E-state index contributed by atoms with van der Waals surface area (Å²) >= 11 is 0. The number of primary amides is 2. The third kappa shape index (κ3) is 8.48. The highest BCUT2D eigenvalue weighted by atomic mass is 32.2. The van der Waals surface area contributed by atoms with Gasteiger partial charge in [0.15, 0.2) is 12.6 Å². The van der Waals surface area contributed by atoms with Gasteiger partial charge in [0, 0.05) is 43.1 Å². The predicted octanol–water partition coefficient (Wildman–Crippen LogP) is -0.410. The molecule has 0 spiro atoms. The fraction of sp³-hybridized carbons (Fsp3) is 0.182. The van der Waals surface area contributed by atoms with Crippen molar-refractivity contribution in [1.29, 1.82) is 0 Å². The van der Waals surface area contributed by atoms with E-state index in [2.05, 4.69) is 21.7 Å². The highest BCUT2D eigenvalue weighted by molar-refractivity contribution is 7.90. The Morgan fingerprint density at radius 2 is 0.838 bits per heavy atom. The molecule has 4 amide bonds. The number of anilines is 4. The van der Waals surface area contributed by atoms with Gasteiger partial charge in [-0.25, -0.2) is 35.9 Å². The number of amides is 4. The van der Waals surface area contributed by atoms with Crippen LogP contribution in [0.5, 0.6) is 11.5 Å². The minimum Gasteiger partial charge on any atom is -0.507 e. The molecule has 0 aliphatic heterocycles. The lowest BCUT2D eigenvalue weighted by atomic mass is 9.80. The summed E-state index contributed by atoms with van der Waals surface area (Å²) in [5, 5.41) is 23.9. The van der Waals surface area contributed by atoms with Crippen LogP contribution in [0, 0.1) is 25.7 Å². The number of hydrogen-bond donors (Lipinski definition) is 10. The van der Waals surface area contributed by atoms with Gasteiger partial charge in [-0.05, 0) is 85.3 Å². The quantitative estimate of drug-likeness (QED) is 0.0313. The molecule has 68 heavy (non-hydrogen) atoms. The SMILES string of the molecule is Cc1c(-c2c(C)c(NNc3ccc(S(=O)(=O)NC(N)=O)cc3)c3c(c2O)=C(C=O)C(=O)C(=O)C=3C(C)C)c(O)c2c(c1NNc1ccc(S(=O)(=O)NC(N)=O)cc1)=C(C(C)C)C(=O)C(=O)C=2C=O. The van der Waals surface area contributed by atoms with Crippen molar-refractivity contribution in [2.75, 3.05) is 21.7 Å². The van der Waals surface area contributed by atoms with Gasteiger partial charge in [-0.2, -0.15) is 0 Å². The largest absolute Gasteiger partial charge is 0.507 e. The summed E-state index contributed by atoms with van der Waals surface area (Å²) in [5.41, 5.74) is 19.4. The highest BCUT2D eigenvalue weighted by Gasteiger charge is 2.38. The summed E-state index contributed by atoms with van der Waals surface area (Å²) in [6.45, 7) is 9.20. The molecule has 0 saturated carbocycles. The van der Waals surface area contributed by atoms with E-state index in [1.165, 1.54) is 38.1 Å². The zero-order valence-corrected chi connectivity index (χ0v) is 38.3. The lowest BCUT2D eigenvalue weighted by Gasteiger charge is -2.27. The first kappa shape index (κ1) is 49.1. The first-order valence-electron chi connectivity index (χ1n) is 20.1. The number of hydrazine groups is 2. The number of benzene rings is 4. The molecule has 0 bridgehead atoms. The summed E-state index contributed by atoms with van der Waals surface area (Å²) in [6.07, 6.45) is 0.156. The van der Waals surface area contributed by atoms with Crippen LogP contribution in [-0.4, -0.2) is 74.8 Å². The number of nitrogens with one attached hydrogen (secondary N) is 6. The first-order chi connectivity index (χ1) is 31.8. The molecule has 0 heterocycles. The minimum absolute atomic E-state index is 0.0155. The molecule has 4 aromatic carbocycles. The number of hydrogen-bond acceptors (Lipinski definition) is 18. The summed E-state index contributed by atoms with van der Waals surface area (Å²) in [5.74, 6) is -7.72. The summed E-state index contributed by atoms with van der Waals surface area (Å²) < 4.78 is 53.5. The van der Waals surface area contributed by atoms with Crippen LogP contribution in [0.4, 0.5) is 32.3 Å². The fourth-order valence-corrected chi connectivity index (χ4v) is 9.82. The number of aromatic hydroxyl groups is 2.